The summed E-state index contributed by atoms with van der Waals surface area (Å²) in [5, 5.41) is 5.93. The van der Waals surface area contributed by atoms with Crippen molar-refractivity contribution in [2.24, 2.45) is 45.3 Å². The lowest BCUT2D eigenvalue weighted by atomic mass is 9.31. The molecule has 4 heteroatoms. The summed E-state index contributed by atoms with van der Waals surface area (Å²) in [7, 11) is 0. The summed E-state index contributed by atoms with van der Waals surface area (Å²) in [6.45, 7) is 5.38. The van der Waals surface area contributed by atoms with E-state index in [4.69, 9.17) is 0 Å². The number of hydrogen-bond acceptors (Lipinski definition) is 2. The molecule has 2 N–H and O–H groups in total. The van der Waals surface area contributed by atoms with Gasteiger partial charge >= 0.3 is 0 Å². The number of rotatable bonds is 7. The number of likely N-dealkylation sites (N-methyl/N-ethyl adjacent to an activating group) is 2. The Balaban J connectivity index is 1.32. The number of carbonyl (C=O) groups is 2. The molecule has 8 aliphatic carbocycles. The first-order valence-electron chi connectivity index (χ1n) is 14.2. The van der Waals surface area contributed by atoms with Gasteiger partial charge in [0.05, 0.1) is 0 Å². The molecular formula is C30H44N2O2. The maximum absolute atomic E-state index is 12.3. The zero-order chi connectivity index (χ0) is 23.6. The third-order valence-corrected chi connectivity index (χ3v) is 11.2. The largest absolute Gasteiger partial charge is 0.353 e. The van der Waals surface area contributed by atoms with E-state index < -0.39 is 0 Å². The summed E-state index contributed by atoms with van der Waals surface area (Å²) >= 11 is 0. The van der Waals surface area contributed by atoms with E-state index in [0.717, 1.165) is 23.7 Å². The fourth-order valence-corrected chi connectivity index (χ4v) is 11.3. The predicted octanol–water partition coefficient (Wildman–Crippen LogP) is 5.54. The summed E-state index contributed by atoms with van der Waals surface area (Å²) in [4.78, 5) is 24.6. The molecule has 186 valence electrons. The summed E-state index contributed by atoms with van der Waals surface area (Å²) in [6.07, 6.45) is 24.8. The normalized spacial score (nSPS) is 48.2. The van der Waals surface area contributed by atoms with Crippen molar-refractivity contribution in [1.82, 2.24) is 10.6 Å². The highest BCUT2D eigenvalue weighted by Gasteiger charge is 2.69. The van der Waals surface area contributed by atoms with Crippen LogP contribution in [0.3, 0.4) is 0 Å². The van der Waals surface area contributed by atoms with E-state index in [-0.39, 0.29) is 22.6 Å². The highest BCUT2D eigenvalue weighted by atomic mass is 16.2. The first-order chi connectivity index (χ1) is 16.3. The van der Waals surface area contributed by atoms with Crippen LogP contribution in [-0.2, 0) is 9.59 Å². The molecule has 0 radical (unpaired) electrons. The lowest BCUT2D eigenvalue weighted by Gasteiger charge is -2.73. The Morgan fingerprint density at radius 3 is 1.32 bits per heavy atom. The van der Waals surface area contributed by atoms with Crippen LogP contribution < -0.4 is 10.6 Å². The molecule has 0 heterocycles. The van der Waals surface area contributed by atoms with E-state index >= 15 is 0 Å². The van der Waals surface area contributed by atoms with Crippen LogP contribution in [0.2, 0.25) is 0 Å². The second-order valence-electron chi connectivity index (χ2n) is 13.7. The molecule has 8 saturated carbocycles. The van der Waals surface area contributed by atoms with Gasteiger partial charge in [0.2, 0.25) is 11.8 Å². The Hall–Kier alpha value is -1.58. The number of hydrogen-bond donors (Lipinski definition) is 2. The molecule has 8 fully saturated rings. The summed E-state index contributed by atoms with van der Waals surface area (Å²) < 4.78 is 0. The van der Waals surface area contributed by atoms with Crippen molar-refractivity contribution < 1.29 is 9.59 Å². The second kappa shape index (κ2) is 7.96. The molecule has 0 aliphatic heterocycles. The van der Waals surface area contributed by atoms with Crippen LogP contribution in [0.25, 0.3) is 0 Å². The molecule has 4 unspecified atom stereocenters. The monoisotopic (exact) mass is 464 g/mol. The topological polar surface area (TPSA) is 58.2 Å². The van der Waals surface area contributed by atoms with Crippen molar-refractivity contribution >= 4 is 11.8 Å². The van der Waals surface area contributed by atoms with Gasteiger partial charge in [-0.15, -0.1) is 0 Å². The number of carbonyl (C=O) groups excluding carboxylic acids is 2. The summed E-state index contributed by atoms with van der Waals surface area (Å²) in [6, 6.07) is 0. The van der Waals surface area contributed by atoms with Gasteiger partial charge in [-0.05, 0) is 148 Å². The Kier molecular flexibility index (Phi) is 5.35. The molecule has 0 saturated heterocycles. The predicted molar refractivity (Wildman–Crippen MR) is 135 cm³/mol. The molecular weight excluding hydrogens is 420 g/mol. The van der Waals surface area contributed by atoms with Crippen LogP contribution in [0, 0.1) is 45.3 Å². The van der Waals surface area contributed by atoms with Gasteiger partial charge in [-0.2, -0.15) is 0 Å². The first kappa shape index (κ1) is 22.9. The van der Waals surface area contributed by atoms with Gasteiger partial charge in [0, 0.05) is 13.1 Å². The molecule has 0 aromatic rings. The minimum Gasteiger partial charge on any atom is -0.353 e. The third-order valence-electron chi connectivity index (χ3n) is 11.2. The molecule has 0 aromatic heterocycles. The molecule has 34 heavy (non-hydrogen) atoms. The minimum atomic E-state index is 0.0801. The SMILES string of the molecule is CCNC(=O)C=CC12CC3CC(C1)CC(C14CC5CC(CC(C=CC(=O)NCC)(C5)C1)C4)(C3)C2. The van der Waals surface area contributed by atoms with E-state index in [0.29, 0.717) is 23.9 Å². The van der Waals surface area contributed by atoms with Crippen LogP contribution in [0.5, 0.6) is 0 Å². The van der Waals surface area contributed by atoms with E-state index in [1.54, 1.807) is 0 Å². The quantitative estimate of drug-likeness (QED) is 0.486. The number of allylic oxidation sites excluding steroid dienone is 2. The second-order valence-corrected chi connectivity index (χ2v) is 13.7. The van der Waals surface area contributed by atoms with Gasteiger partial charge in [-0.25, -0.2) is 0 Å². The average molecular weight is 465 g/mol. The maximum atomic E-state index is 12.3. The molecule has 8 rings (SSSR count). The minimum absolute atomic E-state index is 0.0801. The van der Waals surface area contributed by atoms with E-state index in [1.807, 2.05) is 26.0 Å². The van der Waals surface area contributed by atoms with E-state index in [2.05, 4.69) is 22.8 Å². The van der Waals surface area contributed by atoms with Crippen molar-refractivity contribution in [3.05, 3.63) is 24.3 Å². The maximum Gasteiger partial charge on any atom is 0.243 e. The highest BCUT2D eigenvalue weighted by Crippen LogP contribution is 2.78. The third kappa shape index (κ3) is 3.61. The Labute approximate surface area is 205 Å². The molecule has 8 bridgehead atoms. The average Bonchev–Trinajstić information content (AvgIpc) is 2.75. The molecule has 2 amide bonds. The van der Waals surface area contributed by atoms with Crippen LogP contribution >= 0.6 is 0 Å². The smallest absolute Gasteiger partial charge is 0.243 e. The van der Waals surface area contributed by atoms with Crippen molar-refractivity contribution in [2.45, 2.75) is 90.9 Å². The van der Waals surface area contributed by atoms with Gasteiger partial charge in [0.25, 0.3) is 0 Å². The number of amides is 2. The zero-order valence-corrected chi connectivity index (χ0v) is 21.3. The first-order valence-corrected chi connectivity index (χ1v) is 14.2. The summed E-state index contributed by atoms with van der Waals surface area (Å²) in [5.41, 5.74) is 1.38. The highest BCUT2D eigenvalue weighted by molar-refractivity contribution is 5.87. The lowest BCUT2D eigenvalue weighted by molar-refractivity contribution is -0.223. The fraction of sp³-hybridized carbons (Fsp3) is 0.800. The van der Waals surface area contributed by atoms with Gasteiger partial charge < -0.3 is 10.6 Å². The molecule has 0 spiro atoms. The molecule has 4 atom stereocenters. The van der Waals surface area contributed by atoms with Crippen LogP contribution in [-0.4, -0.2) is 24.9 Å². The Bertz CT molecular complexity index is 815. The summed E-state index contributed by atoms with van der Waals surface area (Å²) in [5.74, 6) is 3.53. The standard InChI is InChI=1S/C30H44N2O2/c1-3-31-25(33)5-7-27-11-21-9-22(12-27)16-29(15-21,19-27)30-17-23-10-24(18-30)14-28(13-23,20-30)8-6-26(34)32-4-2/h5-8,21-24H,3-4,9-20H2,1-2H3,(H,31,33)(H,32,34). The van der Waals surface area contributed by atoms with Crippen molar-refractivity contribution in [3.8, 4) is 0 Å². The van der Waals surface area contributed by atoms with Crippen LogP contribution in [0.15, 0.2) is 24.3 Å². The molecule has 4 nitrogen and oxygen atoms in total. The van der Waals surface area contributed by atoms with Crippen molar-refractivity contribution in [3.63, 3.8) is 0 Å². The Morgan fingerprint density at radius 1 is 0.647 bits per heavy atom. The van der Waals surface area contributed by atoms with E-state index in [1.165, 1.54) is 77.0 Å². The van der Waals surface area contributed by atoms with Gasteiger partial charge in [-0.3, -0.25) is 9.59 Å². The molecule has 8 aliphatic rings. The van der Waals surface area contributed by atoms with E-state index in [9.17, 15) is 9.59 Å². The van der Waals surface area contributed by atoms with Gasteiger partial charge in [0.1, 0.15) is 0 Å². The van der Waals surface area contributed by atoms with Crippen LogP contribution in [0.4, 0.5) is 0 Å². The van der Waals surface area contributed by atoms with Crippen LogP contribution in [0.1, 0.15) is 90.9 Å². The Morgan fingerprint density at radius 2 is 1.00 bits per heavy atom. The van der Waals surface area contributed by atoms with Gasteiger partial charge in [-0.1, -0.05) is 12.2 Å². The fourth-order valence-electron chi connectivity index (χ4n) is 11.3. The van der Waals surface area contributed by atoms with Gasteiger partial charge in [0.15, 0.2) is 0 Å². The van der Waals surface area contributed by atoms with Crippen molar-refractivity contribution in [2.75, 3.05) is 13.1 Å². The lowest BCUT2D eigenvalue weighted by Crippen LogP contribution is -2.64. The van der Waals surface area contributed by atoms with Crippen molar-refractivity contribution in [1.29, 1.82) is 0 Å². The number of nitrogens with one attached hydrogen (secondary N) is 2. The zero-order valence-electron chi connectivity index (χ0n) is 21.3. The molecule has 0 aromatic carbocycles.